The van der Waals surface area contributed by atoms with Crippen LogP contribution in [0.25, 0.3) is 0 Å². The maximum absolute atomic E-state index is 11.5. The fourth-order valence-electron chi connectivity index (χ4n) is 3.05. The number of benzene rings is 1. The molecule has 0 heterocycles. The molecule has 2 rings (SSSR count). The van der Waals surface area contributed by atoms with Crippen LogP contribution in [0, 0.1) is 11.8 Å². The summed E-state index contributed by atoms with van der Waals surface area (Å²) >= 11 is 0. The molecule has 3 nitrogen and oxygen atoms in total. The van der Waals surface area contributed by atoms with Gasteiger partial charge in [0.2, 0.25) is 0 Å². The minimum atomic E-state index is -0.750. The second kappa shape index (κ2) is 6.89. The van der Waals surface area contributed by atoms with Crippen LogP contribution in [0.2, 0.25) is 0 Å². The summed E-state index contributed by atoms with van der Waals surface area (Å²) in [5, 5.41) is 12.8. The molecule has 0 aromatic heterocycles. The highest BCUT2D eigenvalue weighted by atomic mass is 16.4. The zero-order valence-corrected chi connectivity index (χ0v) is 12.4. The number of nitrogens with one attached hydrogen (secondary N) is 1. The Kier molecular flexibility index (Phi) is 5.18. The highest BCUT2D eigenvalue weighted by Gasteiger charge is 2.28. The summed E-state index contributed by atoms with van der Waals surface area (Å²) in [4.78, 5) is 11.5. The van der Waals surface area contributed by atoms with E-state index in [0.717, 1.165) is 24.3 Å². The standard InChI is InChI=1S/C17H25NO2/c1-12-8-9-15(10-13(12)2)18-16(17(19)20)11-14-6-4-3-5-7-14/h3-7,12-13,15-16,18H,8-11H2,1-2H3,(H,19,20)/t12?,13?,15?,16-/m0/s1. The van der Waals surface area contributed by atoms with Crippen molar-refractivity contribution >= 4 is 5.97 Å². The van der Waals surface area contributed by atoms with Crippen molar-refractivity contribution in [3.8, 4) is 0 Å². The van der Waals surface area contributed by atoms with Gasteiger partial charge in [0.15, 0.2) is 0 Å². The third-order valence-electron chi connectivity index (χ3n) is 4.62. The second-order valence-electron chi connectivity index (χ2n) is 6.21. The molecule has 2 N–H and O–H groups in total. The van der Waals surface area contributed by atoms with Gasteiger partial charge in [0.1, 0.15) is 6.04 Å². The van der Waals surface area contributed by atoms with Crippen molar-refractivity contribution in [1.29, 1.82) is 0 Å². The van der Waals surface area contributed by atoms with E-state index in [-0.39, 0.29) is 0 Å². The minimum absolute atomic E-state index is 0.339. The van der Waals surface area contributed by atoms with E-state index in [9.17, 15) is 9.90 Å². The molecule has 0 aliphatic heterocycles. The SMILES string of the molecule is CC1CCC(N[C@@H](Cc2ccccc2)C(=O)O)CC1C. The predicted molar refractivity (Wildman–Crippen MR) is 80.7 cm³/mol. The van der Waals surface area contributed by atoms with E-state index in [1.165, 1.54) is 6.42 Å². The Morgan fingerprint density at radius 3 is 2.55 bits per heavy atom. The smallest absolute Gasteiger partial charge is 0.321 e. The van der Waals surface area contributed by atoms with Crippen molar-refractivity contribution in [1.82, 2.24) is 5.32 Å². The Balaban J connectivity index is 1.94. The summed E-state index contributed by atoms with van der Waals surface area (Å²) in [7, 11) is 0. The summed E-state index contributed by atoms with van der Waals surface area (Å²) < 4.78 is 0. The molecule has 0 spiro atoms. The average Bonchev–Trinajstić information content (AvgIpc) is 2.43. The molecule has 20 heavy (non-hydrogen) atoms. The average molecular weight is 275 g/mol. The zero-order valence-electron chi connectivity index (χ0n) is 12.4. The number of hydrogen-bond donors (Lipinski definition) is 2. The van der Waals surface area contributed by atoms with Gasteiger partial charge in [-0.2, -0.15) is 0 Å². The molecule has 1 fully saturated rings. The van der Waals surface area contributed by atoms with Gasteiger partial charge in [0.25, 0.3) is 0 Å². The highest BCUT2D eigenvalue weighted by Crippen LogP contribution is 2.29. The third-order valence-corrected chi connectivity index (χ3v) is 4.62. The molecule has 0 bridgehead atoms. The predicted octanol–water partition coefficient (Wildman–Crippen LogP) is 3.10. The summed E-state index contributed by atoms with van der Waals surface area (Å²) in [5.41, 5.74) is 1.07. The lowest BCUT2D eigenvalue weighted by molar-refractivity contribution is -0.139. The van der Waals surface area contributed by atoms with E-state index in [4.69, 9.17) is 0 Å². The van der Waals surface area contributed by atoms with Crippen molar-refractivity contribution in [2.75, 3.05) is 0 Å². The molecule has 1 aliphatic rings. The van der Waals surface area contributed by atoms with Gasteiger partial charge >= 0.3 is 5.97 Å². The van der Waals surface area contributed by atoms with Gasteiger partial charge in [-0.1, -0.05) is 44.2 Å². The number of carboxylic acid groups (broad SMARTS) is 1. The molecular weight excluding hydrogens is 250 g/mol. The lowest BCUT2D eigenvalue weighted by Crippen LogP contribution is -2.47. The highest BCUT2D eigenvalue weighted by molar-refractivity contribution is 5.74. The van der Waals surface area contributed by atoms with Crippen LogP contribution in [-0.2, 0) is 11.2 Å². The first-order chi connectivity index (χ1) is 9.56. The molecule has 3 heteroatoms. The molecule has 0 saturated heterocycles. The largest absolute Gasteiger partial charge is 0.480 e. The van der Waals surface area contributed by atoms with E-state index < -0.39 is 12.0 Å². The van der Waals surface area contributed by atoms with E-state index in [1.54, 1.807) is 0 Å². The molecule has 1 aromatic carbocycles. The fraction of sp³-hybridized carbons (Fsp3) is 0.588. The number of carbonyl (C=O) groups is 1. The molecule has 4 atom stereocenters. The van der Waals surface area contributed by atoms with E-state index >= 15 is 0 Å². The van der Waals surface area contributed by atoms with Gasteiger partial charge in [-0.05, 0) is 43.1 Å². The van der Waals surface area contributed by atoms with Crippen LogP contribution in [-0.4, -0.2) is 23.2 Å². The maximum atomic E-state index is 11.5. The number of carboxylic acids is 1. The quantitative estimate of drug-likeness (QED) is 0.868. The number of hydrogen-bond acceptors (Lipinski definition) is 2. The summed E-state index contributed by atoms with van der Waals surface area (Å²) in [6, 6.07) is 9.70. The van der Waals surface area contributed by atoms with Crippen molar-refractivity contribution in [3.63, 3.8) is 0 Å². The van der Waals surface area contributed by atoms with Gasteiger partial charge in [-0.15, -0.1) is 0 Å². The first-order valence-corrected chi connectivity index (χ1v) is 7.59. The minimum Gasteiger partial charge on any atom is -0.480 e. The van der Waals surface area contributed by atoms with Crippen molar-refractivity contribution < 1.29 is 9.90 Å². The van der Waals surface area contributed by atoms with Crippen LogP contribution in [0.4, 0.5) is 0 Å². The Labute approximate surface area is 121 Å². The van der Waals surface area contributed by atoms with Gasteiger partial charge in [0, 0.05) is 6.04 Å². The summed E-state index contributed by atoms with van der Waals surface area (Å²) in [6.45, 7) is 4.56. The molecule has 1 aliphatic carbocycles. The van der Waals surface area contributed by atoms with Crippen LogP contribution in [0.5, 0.6) is 0 Å². The van der Waals surface area contributed by atoms with E-state index in [0.29, 0.717) is 18.4 Å². The number of rotatable bonds is 5. The fourth-order valence-corrected chi connectivity index (χ4v) is 3.05. The Morgan fingerprint density at radius 1 is 1.25 bits per heavy atom. The topological polar surface area (TPSA) is 49.3 Å². The molecule has 1 saturated carbocycles. The molecule has 110 valence electrons. The first kappa shape index (κ1) is 15.0. The van der Waals surface area contributed by atoms with Crippen molar-refractivity contribution in [2.24, 2.45) is 11.8 Å². The molecule has 0 radical (unpaired) electrons. The Morgan fingerprint density at radius 2 is 1.95 bits per heavy atom. The van der Waals surface area contributed by atoms with Crippen LogP contribution in [0.15, 0.2) is 30.3 Å². The lowest BCUT2D eigenvalue weighted by atomic mass is 9.79. The van der Waals surface area contributed by atoms with Gasteiger partial charge < -0.3 is 10.4 Å². The number of aliphatic carboxylic acids is 1. The van der Waals surface area contributed by atoms with E-state index in [2.05, 4.69) is 19.2 Å². The lowest BCUT2D eigenvalue weighted by Gasteiger charge is -2.34. The Hall–Kier alpha value is -1.35. The molecule has 1 aromatic rings. The van der Waals surface area contributed by atoms with Gasteiger partial charge in [0.05, 0.1) is 0 Å². The maximum Gasteiger partial charge on any atom is 0.321 e. The molecule has 0 amide bonds. The monoisotopic (exact) mass is 275 g/mol. The van der Waals surface area contributed by atoms with E-state index in [1.807, 2.05) is 30.3 Å². The van der Waals surface area contributed by atoms with Crippen molar-refractivity contribution in [2.45, 2.75) is 51.6 Å². The van der Waals surface area contributed by atoms with Gasteiger partial charge in [-0.25, -0.2) is 0 Å². The van der Waals surface area contributed by atoms with Crippen molar-refractivity contribution in [3.05, 3.63) is 35.9 Å². The zero-order chi connectivity index (χ0) is 14.5. The van der Waals surface area contributed by atoms with Crippen LogP contribution >= 0.6 is 0 Å². The summed E-state index contributed by atoms with van der Waals surface area (Å²) in [5.74, 6) is 0.679. The molecular formula is C17H25NO2. The normalized spacial score (nSPS) is 28.0. The van der Waals surface area contributed by atoms with Crippen LogP contribution in [0.1, 0.15) is 38.7 Å². The first-order valence-electron chi connectivity index (χ1n) is 7.59. The summed E-state index contributed by atoms with van der Waals surface area (Å²) in [6.07, 6.45) is 3.91. The van der Waals surface area contributed by atoms with Gasteiger partial charge in [-0.3, -0.25) is 4.79 Å². The molecule has 3 unspecified atom stereocenters. The Bertz CT molecular complexity index is 432. The van der Waals surface area contributed by atoms with Crippen LogP contribution < -0.4 is 5.32 Å². The second-order valence-corrected chi connectivity index (χ2v) is 6.21. The van der Waals surface area contributed by atoms with Crippen LogP contribution in [0.3, 0.4) is 0 Å². The third kappa shape index (κ3) is 4.07.